The summed E-state index contributed by atoms with van der Waals surface area (Å²) in [5.74, 6) is 0. The largest absolute Gasteiger partial charge is 0.419 e. The number of thiol groups is 2. The van der Waals surface area contributed by atoms with Crippen molar-refractivity contribution in [3.63, 3.8) is 0 Å². The highest BCUT2D eigenvalue weighted by atomic mass is 32.1. The van der Waals surface area contributed by atoms with Gasteiger partial charge in [0.15, 0.2) is 0 Å². The van der Waals surface area contributed by atoms with Crippen LogP contribution in [0.15, 0.2) is 12.8 Å². The van der Waals surface area contributed by atoms with Gasteiger partial charge in [-0.2, -0.15) is 25.3 Å². The van der Waals surface area contributed by atoms with Crippen LogP contribution in [0.25, 0.3) is 0 Å². The molecule has 0 aromatic carbocycles. The summed E-state index contributed by atoms with van der Waals surface area (Å²) in [6, 6.07) is 0. The molecule has 3 nitrogen and oxygen atoms in total. The van der Waals surface area contributed by atoms with E-state index in [0.717, 1.165) is 6.26 Å². The molecule has 0 rings (SSSR count). The third-order valence-electron chi connectivity index (χ3n) is 1.20. The van der Waals surface area contributed by atoms with Crippen LogP contribution in [-0.4, -0.2) is 21.7 Å². The molecule has 0 aromatic rings. The molecule has 0 aliphatic rings. The Labute approximate surface area is 83.6 Å². The second-order valence-corrected chi connectivity index (χ2v) is 3.72. The van der Waals surface area contributed by atoms with Gasteiger partial charge in [-0.1, -0.05) is 6.58 Å². The van der Waals surface area contributed by atoms with Crippen LogP contribution >= 0.6 is 25.3 Å². The minimum absolute atomic E-state index is 0.232. The first-order valence-electron chi connectivity index (χ1n) is 3.46. The summed E-state index contributed by atoms with van der Waals surface area (Å²) in [7, 11) is 0. The molecular formula is C7H13NO2S2. The van der Waals surface area contributed by atoms with Crippen molar-refractivity contribution in [1.29, 1.82) is 0 Å². The Hall–Kier alpha value is -0.290. The van der Waals surface area contributed by atoms with E-state index in [4.69, 9.17) is 0 Å². The molecular weight excluding hydrogens is 194 g/mol. The van der Waals surface area contributed by atoms with E-state index in [9.17, 15) is 4.79 Å². The lowest BCUT2D eigenvalue weighted by Gasteiger charge is -2.27. The zero-order valence-corrected chi connectivity index (χ0v) is 8.89. The summed E-state index contributed by atoms with van der Waals surface area (Å²) in [6.07, 6.45) is 0.594. The van der Waals surface area contributed by atoms with Crippen molar-refractivity contribution in [2.75, 3.05) is 0 Å². The van der Waals surface area contributed by atoms with Crippen molar-refractivity contribution >= 4 is 31.4 Å². The highest BCUT2D eigenvalue weighted by Crippen LogP contribution is 2.13. The number of nitrogens with zero attached hydrogens (tertiary/aromatic N) is 1. The third-order valence-corrected chi connectivity index (χ3v) is 1.70. The molecule has 0 fully saturated rings. The molecule has 12 heavy (non-hydrogen) atoms. The van der Waals surface area contributed by atoms with Crippen LogP contribution in [0, 0.1) is 0 Å². The molecule has 5 heteroatoms. The van der Waals surface area contributed by atoms with E-state index in [2.05, 4.69) is 36.6 Å². The van der Waals surface area contributed by atoms with E-state index in [-0.39, 0.29) is 10.7 Å². The normalized spacial score (nSPS) is 14.7. The Bertz CT molecular complexity index is 163. The zero-order chi connectivity index (χ0) is 9.72. The molecule has 0 spiro atoms. The molecule has 0 saturated carbocycles. The number of amides is 1. The first-order valence-corrected chi connectivity index (χ1v) is 4.50. The highest BCUT2D eigenvalue weighted by molar-refractivity contribution is 7.81. The standard InChI is InChI=1S/C7H13NO2S2/c1-4-10-7(9)8(5(2)11)6(3)12/h4-6,11-12H,1H2,2-3H3. The summed E-state index contributed by atoms with van der Waals surface area (Å²) < 4.78 is 4.58. The monoisotopic (exact) mass is 207 g/mol. The van der Waals surface area contributed by atoms with Crippen LogP contribution in [0.3, 0.4) is 0 Å². The fraction of sp³-hybridized carbons (Fsp3) is 0.571. The third kappa shape index (κ3) is 3.40. The lowest BCUT2D eigenvalue weighted by atomic mass is 10.5. The molecule has 1 amide bonds. The summed E-state index contributed by atoms with van der Waals surface area (Å²) in [5.41, 5.74) is 0. The maximum Gasteiger partial charge on any atom is 0.416 e. The molecule has 0 aromatic heterocycles. The van der Waals surface area contributed by atoms with Crippen molar-refractivity contribution in [2.45, 2.75) is 24.6 Å². The average Bonchev–Trinajstić information content (AvgIpc) is 1.85. The average molecular weight is 207 g/mol. The van der Waals surface area contributed by atoms with Gasteiger partial charge in [-0.05, 0) is 13.8 Å². The number of hydrogen-bond acceptors (Lipinski definition) is 4. The second-order valence-electron chi connectivity index (χ2n) is 2.22. The van der Waals surface area contributed by atoms with E-state index in [1.165, 1.54) is 4.90 Å². The fourth-order valence-corrected chi connectivity index (χ4v) is 1.44. The van der Waals surface area contributed by atoms with Gasteiger partial charge in [0, 0.05) is 0 Å². The Kier molecular flexibility index (Phi) is 5.24. The first kappa shape index (κ1) is 11.7. The van der Waals surface area contributed by atoms with Crippen LogP contribution < -0.4 is 0 Å². The maximum absolute atomic E-state index is 11.2. The SMILES string of the molecule is C=COC(=O)N(C(C)S)C(C)S. The zero-order valence-electron chi connectivity index (χ0n) is 7.10. The lowest BCUT2D eigenvalue weighted by molar-refractivity contribution is 0.133. The molecule has 0 heterocycles. The van der Waals surface area contributed by atoms with E-state index >= 15 is 0 Å². The number of hydrogen-bond donors (Lipinski definition) is 2. The van der Waals surface area contributed by atoms with Gasteiger partial charge in [0.1, 0.15) is 0 Å². The fourth-order valence-electron chi connectivity index (χ4n) is 0.749. The summed E-state index contributed by atoms with van der Waals surface area (Å²) in [4.78, 5) is 12.5. The van der Waals surface area contributed by atoms with E-state index in [1.54, 1.807) is 13.8 Å². The molecule has 70 valence electrons. The summed E-state index contributed by atoms with van der Waals surface area (Å²) in [5, 5.41) is -0.463. The lowest BCUT2D eigenvalue weighted by Crippen LogP contribution is -2.39. The highest BCUT2D eigenvalue weighted by Gasteiger charge is 2.21. The maximum atomic E-state index is 11.2. The van der Waals surface area contributed by atoms with Crippen LogP contribution in [0.1, 0.15) is 13.8 Å². The van der Waals surface area contributed by atoms with E-state index in [1.807, 2.05) is 0 Å². The van der Waals surface area contributed by atoms with Crippen molar-refractivity contribution in [3.05, 3.63) is 12.8 Å². The van der Waals surface area contributed by atoms with Crippen molar-refractivity contribution < 1.29 is 9.53 Å². The molecule has 0 saturated heterocycles. The van der Waals surface area contributed by atoms with Gasteiger partial charge >= 0.3 is 6.09 Å². The quantitative estimate of drug-likeness (QED) is 0.422. The first-order chi connectivity index (χ1) is 5.50. The van der Waals surface area contributed by atoms with Gasteiger partial charge in [0.05, 0.1) is 17.0 Å². The van der Waals surface area contributed by atoms with Crippen LogP contribution in [0.5, 0.6) is 0 Å². The Morgan fingerprint density at radius 2 is 1.92 bits per heavy atom. The van der Waals surface area contributed by atoms with Crippen molar-refractivity contribution in [1.82, 2.24) is 4.90 Å². The Balaban J connectivity index is 4.29. The molecule has 0 N–H and O–H groups in total. The van der Waals surface area contributed by atoms with Gasteiger partial charge in [-0.25, -0.2) is 4.79 Å². The smallest absolute Gasteiger partial charge is 0.416 e. The minimum atomic E-state index is -0.491. The Morgan fingerprint density at radius 1 is 1.50 bits per heavy atom. The summed E-state index contributed by atoms with van der Waals surface area (Å²) in [6.45, 7) is 6.81. The van der Waals surface area contributed by atoms with Crippen molar-refractivity contribution in [3.8, 4) is 0 Å². The number of ether oxygens (including phenoxy) is 1. The molecule has 2 atom stereocenters. The van der Waals surface area contributed by atoms with Crippen LogP contribution in [-0.2, 0) is 4.74 Å². The minimum Gasteiger partial charge on any atom is -0.419 e. The van der Waals surface area contributed by atoms with Crippen LogP contribution in [0.4, 0.5) is 4.79 Å². The number of carbonyl (C=O) groups is 1. The number of rotatable bonds is 3. The molecule has 0 radical (unpaired) electrons. The van der Waals surface area contributed by atoms with Gasteiger partial charge in [-0.15, -0.1) is 0 Å². The van der Waals surface area contributed by atoms with Crippen LogP contribution in [0.2, 0.25) is 0 Å². The van der Waals surface area contributed by atoms with Crippen molar-refractivity contribution in [2.24, 2.45) is 0 Å². The van der Waals surface area contributed by atoms with E-state index < -0.39 is 6.09 Å². The summed E-state index contributed by atoms with van der Waals surface area (Å²) >= 11 is 8.21. The predicted molar refractivity (Wildman–Crippen MR) is 55.4 cm³/mol. The molecule has 0 aliphatic carbocycles. The number of carbonyl (C=O) groups excluding carboxylic acids is 1. The molecule has 0 aliphatic heterocycles. The van der Waals surface area contributed by atoms with E-state index in [0.29, 0.717) is 0 Å². The Morgan fingerprint density at radius 3 is 2.17 bits per heavy atom. The second kappa shape index (κ2) is 5.37. The topological polar surface area (TPSA) is 29.5 Å². The van der Waals surface area contributed by atoms with Gasteiger partial charge < -0.3 is 4.74 Å². The molecule has 2 unspecified atom stereocenters. The predicted octanol–water partition coefficient (Wildman–Crippen LogP) is 2.12. The molecule has 0 bridgehead atoms. The van der Waals surface area contributed by atoms with Gasteiger partial charge in [-0.3, -0.25) is 4.90 Å². The van der Waals surface area contributed by atoms with Gasteiger partial charge in [0.25, 0.3) is 0 Å². The van der Waals surface area contributed by atoms with Gasteiger partial charge in [0.2, 0.25) is 0 Å².